The predicted molar refractivity (Wildman–Crippen MR) is 118 cm³/mol. The third kappa shape index (κ3) is 4.72. The van der Waals surface area contributed by atoms with Crippen LogP contribution in [0.3, 0.4) is 0 Å². The van der Waals surface area contributed by atoms with Crippen molar-refractivity contribution in [2.45, 2.75) is 38.5 Å². The van der Waals surface area contributed by atoms with E-state index in [1.165, 1.54) is 6.07 Å². The molecule has 1 aromatic heterocycles. The fourth-order valence-electron chi connectivity index (χ4n) is 3.32. The normalized spacial score (nSPS) is 11.5. The molecule has 0 aliphatic carbocycles. The Balaban J connectivity index is 1.83. The van der Waals surface area contributed by atoms with Crippen LogP contribution < -0.4 is 10.5 Å². The molecule has 1 amide bonds. The van der Waals surface area contributed by atoms with Crippen molar-refractivity contribution < 1.29 is 13.2 Å². The van der Waals surface area contributed by atoms with E-state index >= 15 is 0 Å². The first-order valence-corrected chi connectivity index (χ1v) is 11.3. The van der Waals surface area contributed by atoms with E-state index in [1.807, 2.05) is 32.9 Å². The number of carbonyl (C=O) groups is 1. The molecule has 0 spiro atoms. The summed E-state index contributed by atoms with van der Waals surface area (Å²) < 4.78 is 25.4. The van der Waals surface area contributed by atoms with Gasteiger partial charge in [-0.3, -0.25) is 4.79 Å². The molecule has 0 bridgehead atoms. The number of rotatable bonds is 6. The van der Waals surface area contributed by atoms with E-state index in [2.05, 4.69) is 10.4 Å². The highest BCUT2D eigenvalue weighted by atomic mass is 35.5. The van der Waals surface area contributed by atoms with Crippen molar-refractivity contribution in [3.05, 3.63) is 70.0 Å². The number of aryl methyl sites for hydroxylation is 2. The fourth-order valence-corrected chi connectivity index (χ4v) is 4.31. The number of anilines is 1. The minimum atomic E-state index is -3.88. The molecule has 0 aliphatic heterocycles. The van der Waals surface area contributed by atoms with Gasteiger partial charge in [-0.15, -0.1) is 0 Å². The molecule has 158 valence electrons. The average Bonchev–Trinajstić information content (AvgIpc) is 2.96. The molecule has 2 aromatic carbocycles. The lowest BCUT2D eigenvalue weighted by molar-refractivity contribution is -0.115. The Morgan fingerprint density at radius 2 is 1.83 bits per heavy atom. The molecule has 3 N–H and O–H groups in total. The van der Waals surface area contributed by atoms with Crippen molar-refractivity contribution in [3.63, 3.8) is 0 Å². The number of nitrogens with one attached hydrogen (secondary N) is 1. The second kappa shape index (κ2) is 8.59. The van der Waals surface area contributed by atoms with Crippen molar-refractivity contribution in [1.82, 2.24) is 9.78 Å². The average molecular weight is 447 g/mol. The van der Waals surface area contributed by atoms with Crippen LogP contribution in [0, 0.1) is 13.8 Å². The molecule has 30 heavy (non-hydrogen) atoms. The SMILES string of the molecule is CCc1ccc(NC(=O)Cc2c(C)nn(-c3ccc(Cl)cc3)c2C)cc1S(N)(=O)=O. The van der Waals surface area contributed by atoms with Gasteiger partial charge in [0.1, 0.15) is 0 Å². The molecule has 9 heteroatoms. The van der Waals surface area contributed by atoms with Crippen LogP contribution in [-0.2, 0) is 27.7 Å². The Hall–Kier alpha value is -2.68. The van der Waals surface area contributed by atoms with Crippen LogP contribution in [0.15, 0.2) is 47.4 Å². The monoisotopic (exact) mass is 446 g/mol. The first-order valence-electron chi connectivity index (χ1n) is 9.36. The number of nitrogens with zero attached hydrogens (tertiary/aromatic N) is 2. The van der Waals surface area contributed by atoms with Gasteiger partial charge >= 0.3 is 0 Å². The summed E-state index contributed by atoms with van der Waals surface area (Å²) in [6.07, 6.45) is 0.619. The van der Waals surface area contributed by atoms with Crippen molar-refractivity contribution in [2.24, 2.45) is 5.14 Å². The molecule has 1 heterocycles. The minimum absolute atomic E-state index is 0.0192. The Kier molecular flexibility index (Phi) is 6.30. The second-order valence-corrected chi connectivity index (χ2v) is 8.95. The number of halogens is 1. The molecule has 7 nitrogen and oxygen atoms in total. The van der Waals surface area contributed by atoms with Gasteiger partial charge < -0.3 is 5.32 Å². The highest BCUT2D eigenvalue weighted by molar-refractivity contribution is 7.89. The fraction of sp³-hybridized carbons (Fsp3) is 0.238. The summed E-state index contributed by atoms with van der Waals surface area (Å²) in [6, 6.07) is 12.0. The third-order valence-corrected chi connectivity index (χ3v) is 6.13. The zero-order valence-electron chi connectivity index (χ0n) is 16.9. The number of carbonyl (C=O) groups excluding carboxylic acids is 1. The standard InChI is InChI=1S/C21H23ClN4O3S/c1-4-15-5-8-17(11-20(15)30(23,28)29)24-21(27)12-19-13(2)25-26(14(19)3)18-9-6-16(22)7-10-18/h5-11H,4,12H2,1-3H3,(H,24,27)(H2,23,28,29). The minimum Gasteiger partial charge on any atom is -0.326 e. The number of hydrogen-bond acceptors (Lipinski definition) is 4. The van der Waals surface area contributed by atoms with Crippen LogP contribution in [-0.4, -0.2) is 24.1 Å². The zero-order chi connectivity index (χ0) is 22.1. The van der Waals surface area contributed by atoms with Crippen LogP contribution in [0.2, 0.25) is 5.02 Å². The van der Waals surface area contributed by atoms with Gasteiger partial charge in [0, 0.05) is 22.0 Å². The zero-order valence-corrected chi connectivity index (χ0v) is 18.5. The van der Waals surface area contributed by atoms with Gasteiger partial charge in [0.2, 0.25) is 15.9 Å². The van der Waals surface area contributed by atoms with Gasteiger partial charge in [0.15, 0.2) is 0 Å². The maximum atomic E-state index is 12.6. The van der Waals surface area contributed by atoms with Crippen LogP contribution >= 0.6 is 11.6 Å². The number of primary sulfonamides is 1. The van der Waals surface area contributed by atoms with Gasteiger partial charge in [0.05, 0.1) is 22.7 Å². The Labute approximate surface area is 180 Å². The molecule has 3 rings (SSSR count). The third-order valence-electron chi connectivity index (χ3n) is 4.89. The Bertz CT molecular complexity index is 1200. The maximum absolute atomic E-state index is 12.6. The van der Waals surface area contributed by atoms with Gasteiger partial charge in [-0.25, -0.2) is 18.2 Å². The number of nitrogens with two attached hydrogens (primary N) is 1. The summed E-state index contributed by atoms with van der Waals surface area (Å²) in [6.45, 7) is 5.58. The van der Waals surface area contributed by atoms with Gasteiger partial charge in [-0.1, -0.05) is 24.6 Å². The lowest BCUT2D eigenvalue weighted by Crippen LogP contribution is -2.18. The largest absolute Gasteiger partial charge is 0.326 e. The molecule has 0 unspecified atom stereocenters. The summed E-state index contributed by atoms with van der Waals surface area (Å²) >= 11 is 5.95. The van der Waals surface area contributed by atoms with Crippen LogP contribution in [0.5, 0.6) is 0 Å². The van der Waals surface area contributed by atoms with Crippen LogP contribution in [0.1, 0.15) is 29.4 Å². The topological polar surface area (TPSA) is 107 Å². The second-order valence-electron chi connectivity index (χ2n) is 6.98. The Morgan fingerprint density at radius 1 is 1.17 bits per heavy atom. The van der Waals surface area contributed by atoms with E-state index in [0.717, 1.165) is 22.6 Å². The molecule has 3 aromatic rings. The summed E-state index contributed by atoms with van der Waals surface area (Å²) in [4.78, 5) is 12.7. The number of hydrogen-bond donors (Lipinski definition) is 2. The summed E-state index contributed by atoms with van der Waals surface area (Å²) in [5.41, 5.74) is 4.22. The van der Waals surface area contributed by atoms with Crippen molar-refractivity contribution in [3.8, 4) is 5.69 Å². The summed E-state index contributed by atoms with van der Waals surface area (Å²) in [5.74, 6) is -0.276. The van der Waals surface area contributed by atoms with Crippen molar-refractivity contribution in [2.75, 3.05) is 5.32 Å². The van der Waals surface area contributed by atoms with Crippen LogP contribution in [0.25, 0.3) is 5.69 Å². The molecule has 0 aliphatic rings. The lowest BCUT2D eigenvalue weighted by atomic mass is 10.1. The Morgan fingerprint density at radius 3 is 2.43 bits per heavy atom. The number of aromatic nitrogens is 2. The quantitative estimate of drug-likeness (QED) is 0.603. The molecule has 0 radical (unpaired) electrons. The highest BCUT2D eigenvalue weighted by Gasteiger charge is 2.18. The first-order chi connectivity index (χ1) is 14.1. The van der Waals surface area contributed by atoms with Gasteiger partial charge in [-0.2, -0.15) is 5.10 Å². The van der Waals surface area contributed by atoms with E-state index in [4.69, 9.17) is 16.7 Å². The smallest absolute Gasteiger partial charge is 0.238 e. The number of benzene rings is 2. The van der Waals surface area contributed by atoms with E-state index < -0.39 is 10.0 Å². The first kappa shape index (κ1) is 22.0. The van der Waals surface area contributed by atoms with E-state index in [0.29, 0.717) is 22.7 Å². The van der Waals surface area contributed by atoms with Crippen molar-refractivity contribution in [1.29, 1.82) is 0 Å². The van der Waals surface area contributed by atoms with Crippen molar-refractivity contribution >= 4 is 33.2 Å². The van der Waals surface area contributed by atoms with E-state index in [-0.39, 0.29) is 17.2 Å². The van der Waals surface area contributed by atoms with Crippen LogP contribution in [0.4, 0.5) is 5.69 Å². The molecule has 0 fully saturated rings. The molecule has 0 saturated carbocycles. The summed E-state index contributed by atoms with van der Waals surface area (Å²) in [5, 5.41) is 13.2. The molecule has 0 saturated heterocycles. The molecular weight excluding hydrogens is 424 g/mol. The predicted octanol–water partition coefficient (Wildman–Crippen LogP) is 3.53. The summed E-state index contributed by atoms with van der Waals surface area (Å²) in [7, 11) is -3.88. The van der Waals surface area contributed by atoms with Gasteiger partial charge in [-0.05, 0) is 62.2 Å². The van der Waals surface area contributed by atoms with Gasteiger partial charge in [0.25, 0.3) is 0 Å². The van der Waals surface area contributed by atoms with E-state index in [1.54, 1.807) is 28.9 Å². The number of amides is 1. The maximum Gasteiger partial charge on any atom is 0.238 e. The lowest BCUT2D eigenvalue weighted by Gasteiger charge is -2.10. The number of sulfonamides is 1. The van der Waals surface area contributed by atoms with E-state index in [9.17, 15) is 13.2 Å². The molecular formula is C21H23ClN4O3S. The highest BCUT2D eigenvalue weighted by Crippen LogP contribution is 2.23. The molecule has 0 atom stereocenters.